The van der Waals surface area contributed by atoms with Gasteiger partial charge in [-0.25, -0.2) is 12.7 Å². The van der Waals surface area contributed by atoms with Gasteiger partial charge in [-0.1, -0.05) is 51.9 Å². The average Bonchev–Trinajstić information content (AvgIpc) is 3.18. The third kappa shape index (κ3) is 5.71. The van der Waals surface area contributed by atoms with Gasteiger partial charge in [-0.2, -0.15) is 4.98 Å². The molecule has 31 heavy (non-hydrogen) atoms. The molecule has 1 saturated heterocycles. The Morgan fingerprint density at radius 1 is 1.23 bits per heavy atom. The van der Waals surface area contributed by atoms with Gasteiger partial charge in [-0.05, 0) is 30.9 Å². The first-order valence-corrected chi connectivity index (χ1v) is 12.3. The van der Waals surface area contributed by atoms with Crippen LogP contribution in [0.1, 0.15) is 63.6 Å². The lowest BCUT2D eigenvalue weighted by Crippen LogP contribution is -2.47. The molecule has 8 nitrogen and oxygen atoms in total. The zero-order valence-corrected chi connectivity index (χ0v) is 19.7. The van der Waals surface area contributed by atoms with Crippen LogP contribution < -0.4 is 5.32 Å². The number of amides is 1. The Labute approximate surface area is 184 Å². The molecule has 170 valence electrons. The molecular weight excluding hydrogens is 416 g/mol. The van der Waals surface area contributed by atoms with Crippen molar-refractivity contribution in [3.8, 4) is 11.5 Å². The predicted octanol–water partition coefficient (Wildman–Crippen LogP) is 3.21. The number of carbonyl (C=O) groups is 1. The molecule has 1 aliphatic rings. The van der Waals surface area contributed by atoms with Gasteiger partial charge in [-0.15, -0.1) is 0 Å². The summed E-state index contributed by atoms with van der Waals surface area (Å²) >= 11 is 0. The molecule has 3 rings (SSSR count). The number of piperidine rings is 1. The van der Waals surface area contributed by atoms with Gasteiger partial charge in [0.25, 0.3) is 11.8 Å². The molecule has 1 aromatic carbocycles. The van der Waals surface area contributed by atoms with E-state index in [4.69, 9.17) is 4.52 Å². The Balaban J connectivity index is 1.68. The van der Waals surface area contributed by atoms with Crippen molar-refractivity contribution in [2.75, 3.05) is 18.8 Å². The number of hydrogen-bond acceptors (Lipinski definition) is 6. The summed E-state index contributed by atoms with van der Waals surface area (Å²) in [5.41, 5.74) is 0.782. The van der Waals surface area contributed by atoms with E-state index in [0.717, 1.165) is 0 Å². The molecule has 1 aliphatic heterocycles. The van der Waals surface area contributed by atoms with E-state index in [9.17, 15) is 13.2 Å². The summed E-state index contributed by atoms with van der Waals surface area (Å²) in [5.74, 6) is 0.896. The Morgan fingerprint density at radius 2 is 1.87 bits per heavy atom. The molecule has 0 saturated carbocycles. The topological polar surface area (TPSA) is 105 Å². The average molecular weight is 449 g/mol. The zero-order chi connectivity index (χ0) is 22.8. The van der Waals surface area contributed by atoms with Crippen LogP contribution in [0, 0.1) is 5.92 Å². The maximum Gasteiger partial charge on any atom is 0.258 e. The Bertz CT molecular complexity index is 1020. The molecule has 0 spiro atoms. The highest BCUT2D eigenvalue weighted by molar-refractivity contribution is 7.89. The van der Waals surface area contributed by atoms with Crippen LogP contribution in [0.5, 0.6) is 0 Å². The highest BCUT2D eigenvalue weighted by Gasteiger charge is 2.30. The minimum Gasteiger partial charge on any atom is -0.349 e. The second-order valence-electron chi connectivity index (χ2n) is 9.54. The van der Waals surface area contributed by atoms with E-state index in [1.807, 2.05) is 40.7 Å². The third-order valence-electron chi connectivity index (χ3n) is 5.23. The summed E-state index contributed by atoms with van der Waals surface area (Å²) in [4.78, 5) is 17.5. The fourth-order valence-corrected chi connectivity index (χ4v) is 5.39. The van der Waals surface area contributed by atoms with E-state index in [-0.39, 0.29) is 29.0 Å². The number of nitrogens with zero attached hydrogens (tertiary/aromatic N) is 3. The van der Waals surface area contributed by atoms with Crippen LogP contribution in [0.3, 0.4) is 0 Å². The second kappa shape index (κ2) is 9.08. The summed E-state index contributed by atoms with van der Waals surface area (Å²) < 4.78 is 31.8. The van der Waals surface area contributed by atoms with Crippen molar-refractivity contribution in [2.24, 2.45) is 5.92 Å². The standard InChI is InChI=1S/C22H32N4O4S/c1-15(2)14-31(28,29)26-12-10-16(11-13-26)23-19(27)17-8-6-7-9-18(17)20-24-21(25-30-20)22(3,4)5/h6-9,15-16H,10-14H2,1-5H3,(H,23,27). The maximum atomic E-state index is 13.0. The van der Waals surface area contributed by atoms with E-state index >= 15 is 0 Å². The van der Waals surface area contributed by atoms with Crippen LogP contribution in [-0.2, 0) is 15.4 Å². The van der Waals surface area contributed by atoms with Crippen molar-refractivity contribution >= 4 is 15.9 Å². The van der Waals surface area contributed by atoms with Crippen molar-refractivity contribution < 1.29 is 17.7 Å². The zero-order valence-electron chi connectivity index (χ0n) is 18.9. The van der Waals surface area contributed by atoms with Crippen molar-refractivity contribution in [1.29, 1.82) is 0 Å². The van der Waals surface area contributed by atoms with Gasteiger partial charge in [0.05, 0.1) is 16.9 Å². The van der Waals surface area contributed by atoms with E-state index in [1.54, 1.807) is 18.2 Å². The number of carbonyl (C=O) groups excluding carboxylic acids is 1. The molecule has 1 fully saturated rings. The minimum atomic E-state index is -3.25. The Kier molecular flexibility index (Phi) is 6.85. The first-order chi connectivity index (χ1) is 14.5. The van der Waals surface area contributed by atoms with Gasteiger partial charge in [0.15, 0.2) is 5.82 Å². The molecule has 2 aromatic rings. The number of nitrogens with one attached hydrogen (secondary N) is 1. The third-order valence-corrected chi connectivity index (χ3v) is 7.47. The van der Waals surface area contributed by atoms with Crippen LogP contribution in [0.25, 0.3) is 11.5 Å². The SMILES string of the molecule is CC(C)CS(=O)(=O)N1CCC(NC(=O)c2ccccc2-c2nc(C(C)(C)C)no2)CC1. The van der Waals surface area contributed by atoms with Gasteiger partial charge >= 0.3 is 0 Å². The number of rotatable bonds is 6. The molecule has 0 atom stereocenters. The molecular formula is C22H32N4O4S. The number of benzene rings is 1. The fraction of sp³-hybridized carbons (Fsp3) is 0.591. The number of hydrogen-bond donors (Lipinski definition) is 1. The molecule has 0 bridgehead atoms. The minimum absolute atomic E-state index is 0.0844. The molecule has 9 heteroatoms. The van der Waals surface area contributed by atoms with E-state index in [2.05, 4.69) is 15.5 Å². The van der Waals surface area contributed by atoms with Crippen molar-refractivity contribution in [3.63, 3.8) is 0 Å². The van der Waals surface area contributed by atoms with Crippen molar-refractivity contribution in [2.45, 2.75) is 58.9 Å². The van der Waals surface area contributed by atoms with Crippen LogP contribution in [-0.4, -0.2) is 53.7 Å². The molecule has 0 unspecified atom stereocenters. The smallest absolute Gasteiger partial charge is 0.258 e. The lowest BCUT2D eigenvalue weighted by Gasteiger charge is -2.32. The molecule has 1 N–H and O–H groups in total. The first-order valence-electron chi connectivity index (χ1n) is 10.7. The van der Waals surface area contributed by atoms with Crippen molar-refractivity contribution in [1.82, 2.24) is 19.8 Å². The van der Waals surface area contributed by atoms with E-state index in [0.29, 0.717) is 48.8 Å². The maximum absolute atomic E-state index is 13.0. The lowest BCUT2D eigenvalue weighted by molar-refractivity contribution is 0.0924. The molecule has 1 aromatic heterocycles. The number of sulfonamides is 1. The largest absolute Gasteiger partial charge is 0.349 e. The quantitative estimate of drug-likeness (QED) is 0.727. The summed E-state index contributed by atoms with van der Waals surface area (Å²) in [6.45, 7) is 10.6. The van der Waals surface area contributed by atoms with Gasteiger partial charge in [-0.3, -0.25) is 4.79 Å². The summed E-state index contributed by atoms with van der Waals surface area (Å²) in [7, 11) is -3.25. The van der Waals surface area contributed by atoms with Crippen LogP contribution in [0.4, 0.5) is 0 Å². The molecule has 0 aliphatic carbocycles. The van der Waals surface area contributed by atoms with E-state index in [1.165, 1.54) is 4.31 Å². The highest BCUT2D eigenvalue weighted by Crippen LogP contribution is 2.26. The summed E-state index contributed by atoms with van der Waals surface area (Å²) in [5, 5.41) is 7.10. The first kappa shape index (κ1) is 23.4. The van der Waals surface area contributed by atoms with Crippen LogP contribution in [0.2, 0.25) is 0 Å². The van der Waals surface area contributed by atoms with Crippen LogP contribution >= 0.6 is 0 Å². The van der Waals surface area contributed by atoms with E-state index < -0.39 is 10.0 Å². The van der Waals surface area contributed by atoms with Crippen LogP contribution in [0.15, 0.2) is 28.8 Å². The monoisotopic (exact) mass is 448 g/mol. The molecule has 2 heterocycles. The highest BCUT2D eigenvalue weighted by atomic mass is 32.2. The summed E-state index contributed by atoms with van der Waals surface area (Å²) in [6.07, 6.45) is 1.17. The fourth-order valence-electron chi connectivity index (χ4n) is 3.57. The Hall–Kier alpha value is -2.26. The predicted molar refractivity (Wildman–Crippen MR) is 119 cm³/mol. The molecule has 1 amide bonds. The number of aromatic nitrogens is 2. The second-order valence-corrected chi connectivity index (χ2v) is 11.6. The van der Waals surface area contributed by atoms with Gasteiger partial charge in [0.2, 0.25) is 10.0 Å². The van der Waals surface area contributed by atoms with Crippen molar-refractivity contribution in [3.05, 3.63) is 35.7 Å². The Morgan fingerprint density at radius 3 is 2.45 bits per heavy atom. The molecule has 0 radical (unpaired) electrons. The summed E-state index contributed by atoms with van der Waals surface area (Å²) in [6, 6.07) is 7.05. The van der Waals surface area contributed by atoms with Gasteiger partial charge in [0, 0.05) is 24.5 Å². The normalized spacial score (nSPS) is 16.6. The van der Waals surface area contributed by atoms with Gasteiger partial charge in [0.1, 0.15) is 0 Å². The van der Waals surface area contributed by atoms with Gasteiger partial charge < -0.3 is 9.84 Å². The lowest BCUT2D eigenvalue weighted by atomic mass is 9.96.